The van der Waals surface area contributed by atoms with Crippen molar-refractivity contribution in [3.8, 4) is 0 Å². The number of carbonyl (C=O) groups is 1. The second kappa shape index (κ2) is 11.1. The highest BCUT2D eigenvalue weighted by atomic mass is 16.2. The quantitative estimate of drug-likeness (QED) is 0.477. The summed E-state index contributed by atoms with van der Waals surface area (Å²) in [5, 5.41) is 0. The number of carbonyl (C=O) groups excluding carboxylic acids is 1. The molecule has 1 aliphatic heterocycles. The van der Waals surface area contributed by atoms with E-state index in [0.717, 1.165) is 31.3 Å². The average Bonchev–Trinajstić information content (AvgIpc) is 2.56. The predicted molar refractivity (Wildman–Crippen MR) is 95.9 cm³/mol. The smallest absolute Gasteiger partial charge is 0.225 e. The van der Waals surface area contributed by atoms with Crippen LogP contribution in [0.1, 0.15) is 91.9 Å². The third-order valence-electron chi connectivity index (χ3n) is 5.57. The molecule has 1 amide bonds. The van der Waals surface area contributed by atoms with Gasteiger partial charge in [-0.1, -0.05) is 72.6 Å². The number of rotatable bonds is 10. The van der Waals surface area contributed by atoms with E-state index in [1.807, 2.05) is 0 Å². The third kappa shape index (κ3) is 7.15. The van der Waals surface area contributed by atoms with Gasteiger partial charge in [0, 0.05) is 19.0 Å². The fourth-order valence-corrected chi connectivity index (χ4v) is 3.55. The highest BCUT2D eigenvalue weighted by Gasteiger charge is 2.24. The Morgan fingerprint density at radius 1 is 1.05 bits per heavy atom. The molecular weight excluding hydrogens is 270 g/mol. The zero-order valence-corrected chi connectivity index (χ0v) is 15.6. The van der Waals surface area contributed by atoms with Gasteiger partial charge in [-0.05, 0) is 31.1 Å². The van der Waals surface area contributed by atoms with Gasteiger partial charge in [0.25, 0.3) is 0 Å². The molecule has 1 saturated heterocycles. The van der Waals surface area contributed by atoms with Gasteiger partial charge in [-0.3, -0.25) is 4.79 Å². The number of hydrogen-bond donors (Lipinski definition) is 0. The van der Waals surface area contributed by atoms with E-state index >= 15 is 0 Å². The van der Waals surface area contributed by atoms with E-state index in [9.17, 15) is 4.79 Å². The number of hydrogen-bond acceptors (Lipinski definition) is 1. The Balaban J connectivity index is 2.09. The second-order valence-electron chi connectivity index (χ2n) is 7.61. The normalized spacial score (nSPS) is 19.2. The molecule has 1 heterocycles. The molecule has 0 aromatic heterocycles. The van der Waals surface area contributed by atoms with E-state index < -0.39 is 0 Å². The van der Waals surface area contributed by atoms with Crippen LogP contribution in [0.15, 0.2) is 0 Å². The van der Waals surface area contributed by atoms with Crippen LogP contribution in [-0.4, -0.2) is 23.9 Å². The first-order chi connectivity index (χ1) is 10.6. The summed E-state index contributed by atoms with van der Waals surface area (Å²) in [6.45, 7) is 10.9. The molecule has 2 unspecified atom stereocenters. The Morgan fingerprint density at radius 3 is 2.27 bits per heavy atom. The minimum atomic E-state index is 0.209. The van der Waals surface area contributed by atoms with Gasteiger partial charge in [-0.25, -0.2) is 0 Å². The molecular formula is C20H39NO. The number of unbranched alkanes of at least 4 members (excludes halogenated alkanes) is 2. The van der Waals surface area contributed by atoms with Gasteiger partial charge in [0.1, 0.15) is 0 Å². The molecule has 1 fully saturated rings. The molecule has 1 aliphatic rings. The SMILES string of the molecule is CCCCC(C)CCCCC1CCN(C(=O)C(C)CC)CC1. The van der Waals surface area contributed by atoms with Crippen molar-refractivity contribution in [2.45, 2.75) is 91.9 Å². The summed E-state index contributed by atoms with van der Waals surface area (Å²) in [5.74, 6) is 2.37. The zero-order chi connectivity index (χ0) is 16.4. The molecule has 1 rings (SSSR count). The van der Waals surface area contributed by atoms with Crippen LogP contribution in [0.4, 0.5) is 0 Å². The van der Waals surface area contributed by atoms with Gasteiger partial charge in [0.05, 0.1) is 0 Å². The average molecular weight is 310 g/mol. The minimum Gasteiger partial charge on any atom is -0.342 e. The van der Waals surface area contributed by atoms with Gasteiger partial charge in [-0.15, -0.1) is 0 Å². The molecule has 0 aromatic carbocycles. The lowest BCUT2D eigenvalue weighted by atomic mass is 9.89. The van der Waals surface area contributed by atoms with E-state index in [4.69, 9.17) is 0 Å². The number of nitrogens with zero attached hydrogens (tertiary/aromatic N) is 1. The van der Waals surface area contributed by atoms with Crippen LogP contribution in [0.25, 0.3) is 0 Å². The topological polar surface area (TPSA) is 20.3 Å². The first-order valence-corrected chi connectivity index (χ1v) is 9.87. The van der Waals surface area contributed by atoms with Gasteiger partial charge < -0.3 is 4.90 Å². The molecule has 2 heteroatoms. The van der Waals surface area contributed by atoms with Gasteiger partial charge in [0.15, 0.2) is 0 Å². The lowest BCUT2D eigenvalue weighted by Crippen LogP contribution is -2.41. The molecule has 2 atom stereocenters. The van der Waals surface area contributed by atoms with Crippen molar-refractivity contribution >= 4 is 5.91 Å². The zero-order valence-electron chi connectivity index (χ0n) is 15.6. The van der Waals surface area contributed by atoms with E-state index in [0.29, 0.717) is 5.91 Å². The minimum absolute atomic E-state index is 0.209. The Kier molecular flexibility index (Phi) is 9.82. The predicted octanol–water partition coefficient (Wildman–Crippen LogP) is 5.66. The van der Waals surface area contributed by atoms with Crippen LogP contribution in [0.3, 0.4) is 0 Å². The van der Waals surface area contributed by atoms with E-state index in [-0.39, 0.29) is 5.92 Å². The Hall–Kier alpha value is -0.530. The standard InChI is InChI=1S/C20H39NO/c1-5-7-10-17(3)11-8-9-12-19-13-15-21(16-14-19)20(22)18(4)6-2/h17-19H,5-16H2,1-4H3. The first kappa shape index (κ1) is 19.5. The fraction of sp³-hybridized carbons (Fsp3) is 0.950. The molecule has 0 N–H and O–H groups in total. The van der Waals surface area contributed by atoms with Crippen molar-refractivity contribution in [3.63, 3.8) is 0 Å². The molecule has 0 spiro atoms. The lowest BCUT2D eigenvalue weighted by molar-refractivity contribution is -0.136. The molecule has 2 nitrogen and oxygen atoms in total. The summed E-state index contributed by atoms with van der Waals surface area (Å²) in [6, 6.07) is 0. The van der Waals surface area contributed by atoms with Crippen LogP contribution in [-0.2, 0) is 4.79 Å². The summed E-state index contributed by atoms with van der Waals surface area (Å²) in [4.78, 5) is 14.3. The van der Waals surface area contributed by atoms with E-state index in [1.165, 1.54) is 57.8 Å². The van der Waals surface area contributed by atoms with Crippen molar-refractivity contribution in [2.24, 2.45) is 17.8 Å². The van der Waals surface area contributed by atoms with Crippen molar-refractivity contribution in [1.82, 2.24) is 4.90 Å². The summed E-state index contributed by atoms with van der Waals surface area (Å²) in [7, 11) is 0. The largest absolute Gasteiger partial charge is 0.342 e. The Morgan fingerprint density at radius 2 is 1.68 bits per heavy atom. The van der Waals surface area contributed by atoms with Crippen molar-refractivity contribution in [1.29, 1.82) is 0 Å². The van der Waals surface area contributed by atoms with E-state index in [2.05, 4.69) is 32.6 Å². The van der Waals surface area contributed by atoms with Crippen LogP contribution >= 0.6 is 0 Å². The van der Waals surface area contributed by atoms with Gasteiger partial charge in [0.2, 0.25) is 5.91 Å². The van der Waals surface area contributed by atoms with Crippen molar-refractivity contribution in [3.05, 3.63) is 0 Å². The maximum absolute atomic E-state index is 12.2. The van der Waals surface area contributed by atoms with Crippen LogP contribution < -0.4 is 0 Å². The summed E-state index contributed by atoms with van der Waals surface area (Å²) >= 11 is 0. The van der Waals surface area contributed by atoms with Crippen LogP contribution in [0.5, 0.6) is 0 Å². The highest BCUT2D eigenvalue weighted by Crippen LogP contribution is 2.25. The Bertz CT molecular complexity index is 294. The van der Waals surface area contributed by atoms with Crippen molar-refractivity contribution in [2.75, 3.05) is 13.1 Å². The van der Waals surface area contributed by atoms with Crippen LogP contribution in [0, 0.1) is 17.8 Å². The highest BCUT2D eigenvalue weighted by molar-refractivity contribution is 5.78. The molecule has 0 aliphatic carbocycles. The van der Waals surface area contributed by atoms with Crippen molar-refractivity contribution < 1.29 is 4.79 Å². The Labute approximate surface area is 139 Å². The molecule has 0 radical (unpaired) electrons. The van der Waals surface area contributed by atoms with E-state index in [1.54, 1.807) is 0 Å². The second-order valence-corrected chi connectivity index (χ2v) is 7.61. The van der Waals surface area contributed by atoms with Crippen LogP contribution in [0.2, 0.25) is 0 Å². The maximum atomic E-state index is 12.2. The number of likely N-dealkylation sites (tertiary alicyclic amines) is 1. The summed E-state index contributed by atoms with van der Waals surface area (Å²) in [5.41, 5.74) is 0. The third-order valence-corrected chi connectivity index (χ3v) is 5.57. The first-order valence-electron chi connectivity index (χ1n) is 9.87. The molecule has 0 saturated carbocycles. The summed E-state index contributed by atoms with van der Waals surface area (Å²) < 4.78 is 0. The van der Waals surface area contributed by atoms with Gasteiger partial charge in [-0.2, -0.15) is 0 Å². The molecule has 0 aromatic rings. The maximum Gasteiger partial charge on any atom is 0.225 e. The number of amides is 1. The summed E-state index contributed by atoms with van der Waals surface area (Å²) in [6.07, 6.45) is 13.1. The molecule has 0 bridgehead atoms. The number of piperidine rings is 1. The molecule has 22 heavy (non-hydrogen) atoms. The monoisotopic (exact) mass is 309 g/mol. The fourth-order valence-electron chi connectivity index (χ4n) is 3.55. The van der Waals surface area contributed by atoms with Gasteiger partial charge >= 0.3 is 0 Å². The lowest BCUT2D eigenvalue weighted by Gasteiger charge is -2.33. The molecule has 130 valence electrons.